The number of fused-ring (bicyclic) bond motifs is 2. The molecule has 1 N–H and O–H groups in total. The number of imidazole rings is 1. The van der Waals surface area contributed by atoms with Crippen LogP contribution in [0.1, 0.15) is 0 Å². The second-order valence-corrected chi connectivity index (χ2v) is 7.20. The number of azo groups is 1. The molecule has 0 aliphatic heterocycles. The zero-order valence-corrected chi connectivity index (χ0v) is 17.3. The Kier molecular flexibility index (Phi) is 4.80. The van der Waals surface area contributed by atoms with Gasteiger partial charge in [-0.2, -0.15) is 0 Å². The van der Waals surface area contributed by atoms with Crippen LogP contribution < -0.4 is 10.1 Å². The van der Waals surface area contributed by atoms with Gasteiger partial charge in [0.15, 0.2) is 0 Å². The lowest BCUT2D eigenvalue weighted by Crippen LogP contribution is -1.92. The van der Waals surface area contributed by atoms with E-state index in [0.29, 0.717) is 5.95 Å². The quantitative estimate of drug-likeness (QED) is 0.323. The number of nitrogens with zero attached hydrogens (tertiary/aromatic N) is 4. The van der Waals surface area contributed by atoms with Crippen molar-refractivity contribution >= 4 is 44.8 Å². The van der Waals surface area contributed by atoms with Crippen molar-refractivity contribution < 1.29 is 4.74 Å². The lowest BCUT2D eigenvalue weighted by molar-refractivity contribution is 0.415. The molecule has 0 atom stereocenters. The van der Waals surface area contributed by atoms with Crippen LogP contribution in [0.5, 0.6) is 5.75 Å². The third-order valence-corrected chi connectivity index (χ3v) is 5.27. The van der Waals surface area contributed by atoms with Crippen LogP contribution in [0.15, 0.2) is 95.2 Å². The molecule has 0 radical (unpaired) electrons. The third kappa shape index (κ3) is 3.59. The van der Waals surface area contributed by atoms with Crippen molar-refractivity contribution in [2.75, 3.05) is 12.4 Å². The van der Waals surface area contributed by atoms with Gasteiger partial charge >= 0.3 is 0 Å². The first-order valence-electron chi connectivity index (χ1n) is 9.99. The van der Waals surface area contributed by atoms with Gasteiger partial charge in [-0.05, 0) is 47.9 Å². The van der Waals surface area contributed by atoms with Crippen LogP contribution in [0.3, 0.4) is 0 Å². The van der Waals surface area contributed by atoms with E-state index in [1.807, 2.05) is 78.3 Å². The maximum atomic E-state index is 5.25. The SMILES string of the molecule is COc1ccc(Nc2ccc3ccccc3c2N=Nc2nc3ccccc3n2C)cc1. The minimum Gasteiger partial charge on any atom is -0.497 e. The number of rotatable bonds is 5. The summed E-state index contributed by atoms with van der Waals surface area (Å²) in [5.74, 6) is 1.37. The molecule has 6 nitrogen and oxygen atoms in total. The summed E-state index contributed by atoms with van der Waals surface area (Å²) in [4.78, 5) is 4.61. The first kappa shape index (κ1) is 18.8. The molecule has 31 heavy (non-hydrogen) atoms. The number of aryl methyl sites for hydroxylation is 1. The van der Waals surface area contributed by atoms with Crippen molar-refractivity contribution in [3.8, 4) is 5.75 Å². The zero-order valence-electron chi connectivity index (χ0n) is 17.3. The number of nitrogens with one attached hydrogen (secondary N) is 1. The van der Waals surface area contributed by atoms with E-state index in [1.165, 1.54) is 0 Å². The summed E-state index contributed by atoms with van der Waals surface area (Å²) < 4.78 is 7.20. The zero-order chi connectivity index (χ0) is 21.2. The second-order valence-electron chi connectivity index (χ2n) is 7.20. The predicted octanol–water partition coefficient (Wildman–Crippen LogP) is 6.89. The van der Waals surface area contributed by atoms with Crippen molar-refractivity contribution in [1.82, 2.24) is 9.55 Å². The fraction of sp³-hybridized carbons (Fsp3) is 0.0800. The van der Waals surface area contributed by atoms with Crippen LogP contribution in [0.2, 0.25) is 0 Å². The van der Waals surface area contributed by atoms with Crippen LogP contribution in [-0.4, -0.2) is 16.7 Å². The van der Waals surface area contributed by atoms with E-state index in [2.05, 4.69) is 38.7 Å². The molecule has 0 saturated heterocycles. The maximum absolute atomic E-state index is 5.25. The molecule has 0 unspecified atom stereocenters. The molecule has 4 aromatic carbocycles. The van der Waals surface area contributed by atoms with Gasteiger partial charge in [-0.25, -0.2) is 4.98 Å². The molecule has 1 aromatic heterocycles. The normalized spacial score (nSPS) is 11.4. The Bertz CT molecular complexity index is 1400. The molecule has 0 aliphatic carbocycles. The number of hydrogen-bond acceptors (Lipinski definition) is 5. The number of para-hydroxylation sites is 2. The maximum Gasteiger partial charge on any atom is 0.250 e. The molecule has 1 heterocycles. The van der Waals surface area contributed by atoms with E-state index in [0.717, 1.165) is 44.6 Å². The molecule has 5 rings (SSSR count). The van der Waals surface area contributed by atoms with Gasteiger partial charge < -0.3 is 14.6 Å². The van der Waals surface area contributed by atoms with Crippen LogP contribution in [0, 0.1) is 0 Å². The predicted molar refractivity (Wildman–Crippen MR) is 125 cm³/mol. The van der Waals surface area contributed by atoms with Crippen LogP contribution >= 0.6 is 0 Å². The van der Waals surface area contributed by atoms with E-state index in [1.54, 1.807) is 7.11 Å². The Labute approximate surface area is 179 Å². The molecular weight excluding hydrogens is 386 g/mol. The highest BCUT2D eigenvalue weighted by atomic mass is 16.5. The number of ether oxygens (including phenoxy) is 1. The number of aromatic nitrogens is 2. The summed E-state index contributed by atoms with van der Waals surface area (Å²) in [6, 6.07) is 28.0. The largest absolute Gasteiger partial charge is 0.497 e. The Morgan fingerprint density at radius 2 is 1.61 bits per heavy atom. The number of anilines is 2. The van der Waals surface area contributed by atoms with Crippen molar-refractivity contribution in [2.24, 2.45) is 17.3 Å². The molecule has 5 aromatic rings. The highest BCUT2D eigenvalue weighted by molar-refractivity contribution is 5.99. The molecule has 0 amide bonds. The molecule has 0 bridgehead atoms. The molecular formula is C25H21N5O. The first-order valence-corrected chi connectivity index (χ1v) is 9.99. The lowest BCUT2D eigenvalue weighted by Gasteiger charge is -2.12. The summed E-state index contributed by atoms with van der Waals surface area (Å²) in [6.45, 7) is 0. The monoisotopic (exact) mass is 407 g/mol. The minimum absolute atomic E-state index is 0.560. The summed E-state index contributed by atoms with van der Waals surface area (Å²) >= 11 is 0. The van der Waals surface area contributed by atoms with Crippen molar-refractivity contribution in [1.29, 1.82) is 0 Å². The Hall–Kier alpha value is -4.19. The number of methoxy groups -OCH3 is 1. The molecule has 0 spiro atoms. The second kappa shape index (κ2) is 7.91. The summed E-state index contributed by atoms with van der Waals surface area (Å²) in [5, 5.41) is 14.7. The van der Waals surface area contributed by atoms with E-state index >= 15 is 0 Å². The van der Waals surface area contributed by atoms with E-state index in [4.69, 9.17) is 4.74 Å². The molecule has 0 saturated carbocycles. The summed E-state index contributed by atoms with van der Waals surface area (Å²) in [5.41, 5.74) is 4.49. The molecule has 6 heteroatoms. The molecule has 152 valence electrons. The van der Waals surface area contributed by atoms with Gasteiger partial charge in [0.25, 0.3) is 0 Å². The van der Waals surface area contributed by atoms with Gasteiger partial charge in [0.1, 0.15) is 11.4 Å². The van der Waals surface area contributed by atoms with Crippen molar-refractivity contribution in [3.05, 3.63) is 84.9 Å². The minimum atomic E-state index is 0.560. The first-order chi connectivity index (χ1) is 15.2. The van der Waals surface area contributed by atoms with Gasteiger partial charge in [-0.1, -0.05) is 42.5 Å². The van der Waals surface area contributed by atoms with Crippen LogP contribution in [-0.2, 0) is 7.05 Å². The van der Waals surface area contributed by atoms with E-state index in [9.17, 15) is 0 Å². The Morgan fingerprint density at radius 3 is 2.42 bits per heavy atom. The average molecular weight is 407 g/mol. The molecule has 0 fully saturated rings. The topological polar surface area (TPSA) is 63.8 Å². The number of hydrogen-bond donors (Lipinski definition) is 1. The Morgan fingerprint density at radius 1 is 0.839 bits per heavy atom. The highest BCUT2D eigenvalue weighted by Crippen LogP contribution is 2.37. The van der Waals surface area contributed by atoms with E-state index in [-0.39, 0.29) is 0 Å². The van der Waals surface area contributed by atoms with Gasteiger partial charge in [-0.3, -0.25) is 0 Å². The number of benzene rings is 4. The van der Waals surface area contributed by atoms with Gasteiger partial charge in [0, 0.05) is 18.1 Å². The van der Waals surface area contributed by atoms with Gasteiger partial charge in [0.05, 0.1) is 23.8 Å². The van der Waals surface area contributed by atoms with Crippen molar-refractivity contribution in [3.63, 3.8) is 0 Å². The standard InChI is InChI=1S/C25H21N5O/c1-30-23-10-6-5-9-21(23)27-25(30)29-28-24-20-8-4-3-7-17(20)11-16-22(24)26-18-12-14-19(31-2)15-13-18/h3-16,26H,1-2H3. The summed E-state index contributed by atoms with van der Waals surface area (Å²) in [7, 11) is 3.61. The van der Waals surface area contributed by atoms with Gasteiger partial charge in [0.2, 0.25) is 5.95 Å². The van der Waals surface area contributed by atoms with Gasteiger partial charge in [-0.15, -0.1) is 10.2 Å². The highest BCUT2D eigenvalue weighted by Gasteiger charge is 2.10. The average Bonchev–Trinajstić information content (AvgIpc) is 3.14. The Balaban J connectivity index is 1.58. The lowest BCUT2D eigenvalue weighted by atomic mass is 10.1. The van der Waals surface area contributed by atoms with Crippen molar-refractivity contribution in [2.45, 2.75) is 0 Å². The smallest absolute Gasteiger partial charge is 0.250 e. The van der Waals surface area contributed by atoms with Crippen LogP contribution in [0.25, 0.3) is 21.8 Å². The fourth-order valence-electron chi connectivity index (χ4n) is 3.61. The van der Waals surface area contributed by atoms with E-state index < -0.39 is 0 Å². The van der Waals surface area contributed by atoms with Crippen LogP contribution in [0.4, 0.5) is 23.0 Å². The third-order valence-electron chi connectivity index (χ3n) is 5.27. The summed E-state index contributed by atoms with van der Waals surface area (Å²) in [6.07, 6.45) is 0. The molecule has 0 aliphatic rings. The fourth-order valence-corrected chi connectivity index (χ4v) is 3.61.